The number of nitriles is 1. The van der Waals surface area contributed by atoms with E-state index in [9.17, 15) is 14.4 Å². The van der Waals surface area contributed by atoms with Gasteiger partial charge < -0.3 is 5.73 Å². The fourth-order valence-electron chi connectivity index (χ4n) is 5.41. The minimum atomic E-state index is -0.513. The molecule has 2 aliphatic rings. The van der Waals surface area contributed by atoms with Crippen LogP contribution in [0.4, 0.5) is 10.1 Å². The molecule has 7 heteroatoms. The third-order valence-corrected chi connectivity index (χ3v) is 8.75. The molecule has 2 N–H and O–H groups in total. The number of carbonyl (C=O) groups is 1. The predicted octanol–water partition coefficient (Wildman–Crippen LogP) is 7.80. The van der Waals surface area contributed by atoms with Gasteiger partial charge in [-0.2, -0.15) is 5.26 Å². The molecule has 0 amide bonds. The molecule has 1 aliphatic carbocycles. The quantitative estimate of drug-likeness (QED) is 0.308. The highest BCUT2D eigenvalue weighted by atomic mass is 79.9. The summed E-state index contributed by atoms with van der Waals surface area (Å²) in [6, 6.07) is 20.8. The fourth-order valence-corrected chi connectivity index (χ4v) is 6.75. The van der Waals surface area contributed by atoms with Gasteiger partial charge in [0.2, 0.25) is 0 Å². The van der Waals surface area contributed by atoms with Crippen LogP contribution in [-0.2, 0) is 10.5 Å². The molecule has 38 heavy (non-hydrogen) atoms. The van der Waals surface area contributed by atoms with Crippen LogP contribution in [0.3, 0.4) is 0 Å². The molecule has 5 rings (SSSR count). The Morgan fingerprint density at radius 1 is 1.13 bits per heavy atom. The highest BCUT2D eigenvalue weighted by molar-refractivity contribution is 9.10. The van der Waals surface area contributed by atoms with Crippen LogP contribution in [0.25, 0.3) is 0 Å². The van der Waals surface area contributed by atoms with Crippen LogP contribution < -0.4 is 10.6 Å². The van der Waals surface area contributed by atoms with Crippen molar-refractivity contribution >= 4 is 39.2 Å². The molecule has 3 aromatic rings. The Hall–Kier alpha value is -3.34. The summed E-state index contributed by atoms with van der Waals surface area (Å²) in [6.45, 7) is 4.08. The highest BCUT2D eigenvalue weighted by Crippen LogP contribution is 2.47. The molecule has 0 aromatic heterocycles. The molecule has 0 spiro atoms. The van der Waals surface area contributed by atoms with Crippen LogP contribution in [-0.4, -0.2) is 5.78 Å². The van der Waals surface area contributed by atoms with Crippen molar-refractivity contribution in [2.75, 3.05) is 4.90 Å². The minimum absolute atomic E-state index is 0.0691. The standard InChI is InChI=1S/C31H27BrFN3OS/c1-18-13-20(17-38-24-11-9-22(33)10-12-24)19(2)25(14-18)29-26(16-34)31(35)36(23-6-3-5-21(32)15-23)27-7-4-8-28(37)30(27)29/h3,5-6,9-15,29H,4,7-8,17,35H2,1-2H3. The smallest absolute Gasteiger partial charge is 0.161 e. The lowest BCUT2D eigenvalue weighted by Crippen LogP contribution is -2.39. The summed E-state index contributed by atoms with van der Waals surface area (Å²) in [5.41, 5.74) is 13.7. The van der Waals surface area contributed by atoms with Crippen molar-refractivity contribution in [3.8, 4) is 6.07 Å². The number of anilines is 1. The summed E-state index contributed by atoms with van der Waals surface area (Å²) in [5.74, 6) is 0.351. The third-order valence-electron chi connectivity index (χ3n) is 7.20. The summed E-state index contributed by atoms with van der Waals surface area (Å²) in [4.78, 5) is 16.4. The molecule has 0 saturated heterocycles. The summed E-state index contributed by atoms with van der Waals surface area (Å²) in [7, 11) is 0. The second-order valence-electron chi connectivity index (χ2n) is 9.68. The van der Waals surface area contributed by atoms with Gasteiger partial charge in [0.25, 0.3) is 0 Å². The van der Waals surface area contributed by atoms with E-state index < -0.39 is 5.92 Å². The highest BCUT2D eigenvalue weighted by Gasteiger charge is 2.41. The van der Waals surface area contributed by atoms with Crippen LogP contribution in [0.2, 0.25) is 0 Å². The van der Waals surface area contributed by atoms with Gasteiger partial charge in [-0.1, -0.05) is 39.7 Å². The number of aryl methyl sites for hydroxylation is 1. The van der Waals surface area contributed by atoms with E-state index in [2.05, 4.69) is 41.1 Å². The molecule has 1 aliphatic heterocycles. The number of rotatable bonds is 5. The SMILES string of the molecule is Cc1cc(CSc2ccc(F)cc2)c(C)c(C2C(C#N)=C(N)N(c3cccc(Br)c3)C3=C2C(=O)CCC3)c1. The number of allylic oxidation sites excluding steroid dienone is 3. The summed E-state index contributed by atoms with van der Waals surface area (Å²) < 4.78 is 14.3. The monoisotopic (exact) mass is 587 g/mol. The lowest BCUT2D eigenvalue weighted by Gasteiger charge is -2.40. The van der Waals surface area contributed by atoms with E-state index in [1.165, 1.54) is 12.1 Å². The van der Waals surface area contributed by atoms with Gasteiger partial charge in [-0.05, 0) is 85.8 Å². The van der Waals surface area contributed by atoms with Crippen LogP contribution in [0.15, 0.2) is 92.7 Å². The molecule has 192 valence electrons. The van der Waals surface area contributed by atoms with Crippen molar-refractivity contribution in [2.45, 2.75) is 49.7 Å². The van der Waals surface area contributed by atoms with Gasteiger partial charge in [0.1, 0.15) is 11.6 Å². The van der Waals surface area contributed by atoms with Gasteiger partial charge in [0, 0.05) is 38.5 Å². The van der Waals surface area contributed by atoms with E-state index in [-0.39, 0.29) is 11.6 Å². The Morgan fingerprint density at radius 2 is 1.89 bits per heavy atom. The molecule has 0 fully saturated rings. The Morgan fingerprint density at radius 3 is 2.61 bits per heavy atom. The van der Waals surface area contributed by atoms with Crippen molar-refractivity contribution in [3.63, 3.8) is 0 Å². The summed E-state index contributed by atoms with van der Waals surface area (Å²) in [6.07, 6.45) is 1.91. The molecular weight excluding hydrogens is 561 g/mol. The second kappa shape index (κ2) is 10.8. The third kappa shape index (κ3) is 4.91. The van der Waals surface area contributed by atoms with E-state index in [0.29, 0.717) is 35.6 Å². The Balaban J connectivity index is 1.63. The van der Waals surface area contributed by atoms with Gasteiger partial charge in [-0.15, -0.1) is 11.8 Å². The molecule has 1 heterocycles. The first kappa shape index (κ1) is 26.3. The molecule has 0 saturated carbocycles. The van der Waals surface area contributed by atoms with Crippen molar-refractivity contribution < 1.29 is 9.18 Å². The number of carbonyl (C=O) groups excluding carboxylic acids is 1. The van der Waals surface area contributed by atoms with Crippen molar-refractivity contribution in [3.05, 3.63) is 116 Å². The topological polar surface area (TPSA) is 70.1 Å². The number of hydrogen-bond donors (Lipinski definition) is 1. The molecule has 0 radical (unpaired) electrons. The normalized spacial score (nSPS) is 17.5. The summed E-state index contributed by atoms with van der Waals surface area (Å²) >= 11 is 5.17. The summed E-state index contributed by atoms with van der Waals surface area (Å²) in [5, 5.41) is 10.4. The van der Waals surface area contributed by atoms with Crippen LogP contribution in [0.5, 0.6) is 0 Å². The van der Waals surface area contributed by atoms with Crippen LogP contribution in [0.1, 0.15) is 47.4 Å². The predicted molar refractivity (Wildman–Crippen MR) is 154 cm³/mol. The first-order valence-corrected chi connectivity index (χ1v) is 14.3. The molecule has 0 bridgehead atoms. The van der Waals surface area contributed by atoms with E-state index in [1.54, 1.807) is 23.9 Å². The first-order chi connectivity index (χ1) is 18.3. The number of thioether (sulfide) groups is 1. The molecule has 4 nitrogen and oxygen atoms in total. The molecule has 1 unspecified atom stereocenters. The minimum Gasteiger partial charge on any atom is -0.384 e. The average molecular weight is 589 g/mol. The van der Waals surface area contributed by atoms with Crippen LogP contribution >= 0.6 is 27.7 Å². The maximum atomic E-state index is 13.5. The Kier molecular flexibility index (Phi) is 7.47. The second-order valence-corrected chi connectivity index (χ2v) is 11.6. The van der Waals surface area contributed by atoms with Gasteiger partial charge in [0.05, 0.1) is 17.6 Å². The van der Waals surface area contributed by atoms with Crippen molar-refractivity contribution in [2.24, 2.45) is 5.73 Å². The van der Waals surface area contributed by atoms with Crippen molar-refractivity contribution in [1.29, 1.82) is 5.26 Å². The van der Waals surface area contributed by atoms with Crippen molar-refractivity contribution in [1.82, 2.24) is 0 Å². The van der Waals surface area contributed by atoms with E-state index in [0.717, 1.165) is 49.4 Å². The molecule has 1 atom stereocenters. The number of nitrogens with two attached hydrogens (primary N) is 1. The first-order valence-electron chi connectivity index (χ1n) is 12.5. The van der Waals surface area contributed by atoms with Gasteiger partial charge >= 0.3 is 0 Å². The zero-order chi connectivity index (χ0) is 27.0. The number of nitrogens with zero attached hydrogens (tertiary/aromatic N) is 2. The number of benzene rings is 3. The zero-order valence-electron chi connectivity index (χ0n) is 21.2. The zero-order valence-corrected chi connectivity index (χ0v) is 23.6. The lowest BCUT2D eigenvalue weighted by molar-refractivity contribution is -0.116. The van der Waals surface area contributed by atoms with Gasteiger partial charge in [0.15, 0.2) is 5.78 Å². The van der Waals surface area contributed by atoms with Gasteiger partial charge in [-0.3, -0.25) is 9.69 Å². The average Bonchev–Trinajstić information content (AvgIpc) is 2.89. The van der Waals surface area contributed by atoms with Gasteiger partial charge in [-0.25, -0.2) is 4.39 Å². The Labute approximate surface area is 235 Å². The van der Waals surface area contributed by atoms with Crippen LogP contribution in [0, 0.1) is 31.0 Å². The fraction of sp³-hybridized carbons (Fsp3) is 0.226. The number of ketones is 1. The number of halogens is 2. The number of Topliss-reactive ketones (excluding diaryl/α,β-unsaturated/α-hetero) is 1. The lowest BCUT2D eigenvalue weighted by atomic mass is 9.73. The Bertz CT molecular complexity index is 1540. The molecular formula is C31H27BrFN3OS. The maximum absolute atomic E-state index is 13.5. The number of hydrogen-bond acceptors (Lipinski definition) is 5. The molecule has 3 aromatic carbocycles. The maximum Gasteiger partial charge on any atom is 0.161 e. The van der Waals surface area contributed by atoms with E-state index in [1.807, 2.05) is 36.1 Å². The van der Waals surface area contributed by atoms with E-state index >= 15 is 0 Å². The van der Waals surface area contributed by atoms with E-state index in [4.69, 9.17) is 5.73 Å². The largest absolute Gasteiger partial charge is 0.384 e.